The molecule has 0 spiro atoms. The molecule has 2 heteroatoms. The van der Waals surface area contributed by atoms with Crippen molar-refractivity contribution in [2.24, 2.45) is 0 Å². The van der Waals surface area contributed by atoms with Gasteiger partial charge in [-0.15, -0.1) is 0 Å². The predicted molar refractivity (Wildman–Crippen MR) is 94.5 cm³/mol. The Morgan fingerprint density at radius 2 is 1.61 bits per heavy atom. The SMILES string of the molecule is c1ccc(CCc2cccc(-c3cccn4cncc34)c2)cc1. The van der Waals surface area contributed by atoms with Gasteiger partial charge in [0.15, 0.2) is 0 Å². The van der Waals surface area contributed by atoms with Crippen LogP contribution in [0.15, 0.2) is 85.5 Å². The second-order valence-electron chi connectivity index (χ2n) is 5.79. The molecule has 4 aromatic rings. The Morgan fingerprint density at radius 3 is 2.52 bits per heavy atom. The van der Waals surface area contributed by atoms with E-state index < -0.39 is 0 Å². The van der Waals surface area contributed by atoms with Crippen LogP contribution in [-0.4, -0.2) is 9.38 Å². The Kier molecular flexibility index (Phi) is 3.65. The summed E-state index contributed by atoms with van der Waals surface area (Å²) in [6, 6.07) is 23.7. The molecule has 0 amide bonds. The standard InChI is InChI=1S/C21H18N2/c1-2-6-17(7-3-1)11-12-18-8-4-9-19(14-18)20-10-5-13-23-16-22-15-21(20)23/h1-10,13-16H,11-12H2. The van der Waals surface area contributed by atoms with Gasteiger partial charge in [0, 0.05) is 11.8 Å². The molecule has 0 unspecified atom stereocenters. The number of benzene rings is 2. The molecule has 23 heavy (non-hydrogen) atoms. The highest BCUT2D eigenvalue weighted by atomic mass is 15.0. The summed E-state index contributed by atoms with van der Waals surface area (Å²) >= 11 is 0. The van der Waals surface area contributed by atoms with Crippen LogP contribution in [0.25, 0.3) is 16.6 Å². The van der Waals surface area contributed by atoms with Crippen molar-refractivity contribution in [3.63, 3.8) is 0 Å². The van der Waals surface area contributed by atoms with E-state index in [1.807, 2.05) is 18.7 Å². The average molecular weight is 298 g/mol. The summed E-state index contributed by atoms with van der Waals surface area (Å²) in [6.45, 7) is 0. The van der Waals surface area contributed by atoms with Crippen molar-refractivity contribution in [2.75, 3.05) is 0 Å². The summed E-state index contributed by atoms with van der Waals surface area (Å²) in [5, 5.41) is 0. The molecule has 0 fully saturated rings. The molecule has 0 atom stereocenters. The second kappa shape index (κ2) is 6.09. The first-order valence-corrected chi connectivity index (χ1v) is 7.94. The van der Waals surface area contributed by atoms with Gasteiger partial charge in [0.25, 0.3) is 0 Å². The molecule has 0 aliphatic carbocycles. The smallest absolute Gasteiger partial charge is 0.0992 e. The number of rotatable bonds is 4. The fourth-order valence-electron chi connectivity index (χ4n) is 3.02. The average Bonchev–Trinajstić information content (AvgIpc) is 3.10. The van der Waals surface area contributed by atoms with Gasteiger partial charge in [-0.25, -0.2) is 4.98 Å². The molecule has 0 N–H and O–H groups in total. The number of nitrogens with zero attached hydrogens (tertiary/aromatic N) is 2. The molecular formula is C21H18N2. The van der Waals surface area contributed by atoms with Crippen LogP contribution in [0.4, 0.5) is 0 Å². The molecule has 0 bridgehead atoms. The van der Waals surface area contributed by atoms with Crippen LogP contribution in [-0.2, 0) is 12.8 Å². The van der Waals surface area contributed by atoms with Crippen LogP contribution in [0.3, 0.4) is 0 Å². The van der Waals surface area contributed by atoms with Crippen molar-refractivity contribution in [2.45, 2.75) is 12.8 Å². The summed E-state index contributed by atoms with van der Waals surface area (Å²) in [4.78, 5) is 4.25. The second-order valence-corrected chi connectivity index (χ2v) is 5.79. The minimum Gasteiger partial charge on any atom is -0.306 e. The molecular weight excluding hydrogens is 280 g/mol. The van der Waals surface area contributed by atoms with Gasteiger partial charge in [0.05, 0.1) is 18.0 Å². The third kappa shape index (κ3) is 2.88. The van der Waals surface area contributed by atoms with Crippen LogP contribution in [0.1, 0.15) is 11.1 Å². The van der Waals surface area contributed by atoms with Crippen molar-refractivity contribution in [1.82, 2.24) is 9.38 Å². The Morgan fingerprint density at radius 1 is 0.783 bits per heavy atom. The van der Waals surface area contributed by atoms with E-state index in [0.717, 1.165) is 18.4 Å². The first kappa shape index (κ1) is 13.8. The minimum absolute atomic E-state index is 1.06. The lowest BCUT2D eigenvalue weighted by atomic mass is 9.99. The van der Waals surface area contributed by atoms with Crippen LogP contribution in [0.2, 0.25) is 0 Å². The third-order valence-electron chi connectivity index (χ3n) is 4.23. The number of pyridine rings is 1. The van der Waals surface area contributed by atoms with Gasteiger partial charge >= 0.3 is 0 Å². The topological polar surface area (TPSA) is 17.3 Å². The van der Waals surface area contributed by atoms with Crippen molar-refractivity contribution >= 4 is 5.52 Å². The van der Waals surface area contributed by atoms with E-state index in [0.29, 0.717) is 0 Å². The molecule has 4 rings (SSSR count). The van der Waals surface area contributed by atoms with E-state index in [1.165, 1.54) is 22.3 Å². The van der Waals surface area contributed by atoms with Gasteiger partial charge in [-0.2, -0.15) is 0 Å². The van der Waals surface area contributed by atoms with Crippen molar-refractivity contribution < 1.29 is 0 Å². The van der Waals surface area contributed by atoms with Gasteiger partial charge in [0.2, 0.25) is 0 Å². The third-order valence-corrected chi connectivity index (χ3v) is 4.23. The number of hydrogen-bond donors (Lipinski definition) is 0. The lowest BCUT2D eigenvalue weighted by Crippen LogP contribution is -1.92. The number of aryl methyl sites for hydroxylation is 2. The minimum atomic E-state index is 1.06. The van der Waals surface area contributed by atoms with Gasteiger partial charge < -0.3 is 4.40 Å². The molecule has 0 aliphatic rings. The summed E-state index contributed by atoms with van der Waals surface area (Å²) in [7, 11) is 0. The lowest BCUT2D eigenvalue weighted by Gasteiger charge is -2.08. The predicted octanol–water partition coefficient (Wildman–Crippen LogP) is 4.79. The van der Waals surface area contributed by atoms with Crippen LogP contribution in [0.5, 0.6) is 0 Å². The highest BCUT2D eigenvalue weighted by Gasteiger charge is 2.05. The maximum atomic E-state index is 4.25. The largest absolute Gasteiger partial charge is 0.306 e. The van der Waals surface area contributed by atoms with Crippen LogP contribution >= 0.6 is 0 Å². The van der Waals surface area contributed by atoms with Crippen LogP contribution in [0, 0.1) is 0 Å². The fraction of sp³-hybridized carbons (Fsp3) is 0.0952. The van der Waals surface area contributed by atoms with E-state index >= 15 is 0 Å². The number of hydrogen-bond acceptors (Lipinski definition) is 1. The highest BCUT2D eigenvalue weighted by molar-refractivity contribution is 5.79. The maximum absolute atomic E-state index is 4.25. The lowest BCUT2D eigenvalue weighted by molar-refractivity contribution is 0.961. The molecule has 0 radical (unpaired) electrons. The van der Waals surface area contributed by atoms with Crippen molar-refractivity contribution in [3.05, 3.63) is 96.6 Å². The molecule has 112 valence electrons. The van der Waals surface area contributed by atoms with E-state index in [4.69, 9.17) is 0 Å². The van der Waals surface area contributed by atoms with E-state index in [-0.39, 0.29) is 0 Å². The fourth-order valence-corrected chi connectivity index (χ4v) is 3.02. The number of aromatic nitrogens is 2. The molecule has 0 aliphatic heterocycles. The Bertz CT molecular complexity index is 923. The summed E-state index contributed by atoms with van der Waals surface area (Å²) in [6.07, 6.45) is 7.93. The maximum Gasteiger partial charge on any atom is 0.0992 e. The molecule has 2 heterocycles. The monoisotopic (exact) mass is 298 g/mol. The zero-order valence-electron chi connectivity index (χ0n) is 12.9. The van der Waals surface area contributed by atoms with E-state index in [9.17, 15) is 0 Å². The number of fused-ring (bicyclic) bond motifs is 1. The zero-order chi connectivity index (χ0) is 15.5. The van der Waals surface area contributed by atoms with Gasteiger partial charge in [-0.05, 0) is 35.6 Å². The number of imidazole rings is 1. The Hall–Kier alpha value is -2.87. The van der Waals surface area contributed by atoms with Gasteiger partial charge in [-0.3, -0.25) is 0 Å². The summed E-state index contributed by atoms with van der Waals surface area (Å²) < 4.78 is 2.06. The van der Waals surface area contributed by atoms with Gasteiger partial charge in [0.1, 0.15) is 0 Å². The highest BCUT2D eigenvalue weighted by Crippen LogP contribution is 2.25. The molecule has 2 aromatic heterocycles. The quantitative estimate of drug-likeness (QED) is 0.529. The zero-order valence-corrected chi connectivity index (χ0v) is 12.9. The van der Waals surface area contributed by atoms with E-state index in [2.05, 4.69) is 76.1 Å². The molecule has 0 saturated heterocycles. The van der Waals surface area contributed by atoms with Crippen LogP contribution < -0.4 is 0 Å². The Balaban J connectivity index is 1.62. The van der Waals surface area contributed by atoms with E-state index in [1.54, 1.807) is 0 Å². The molecule has 0 saturated carbocycles. The van der Waals surface area contributed by atoms with Crippen molar-refractivity contribution in [1.29, 1.82) is 0 Å². The van der Waals surface area contributed by atoms with Crippen molar-refractivity contribution in [3.8, 4) is 11.1 Å². The van der Waals surface area contributed by atoms with Gasteiger partial charge in [-0.1, -0.05) is 60.7 Å². The first-order valence-electron chi connectivity index (χ1n) is 7.94. The Labute approximate surface area is 136 Å². The summed E-state index contributed by atoms with van der Waals surface area (Å²) in [5.74, 6) is 0. The molecule has 2 nitrogen and oxygen atoms in total. The normalized spacial score (nSPS) is 11.0. The first-order chi connectivity index (χ1) is 11.4. The summed E-state index contributed by atoms with van der Waals surface area (Å²) in [5.41, 5.74) is 6.38. The molecule has 2 aromatic carbocycles.